The molecule has 0 saturated heterocycles. The minimum atomic E-state index is -5.24. The molecule has 0 aromatic heterocycles. The standard InChI is InChI=1S/C15H7BrF9NO2S/c16-10-2-9(15(23,24)25)5-12(6-10)29(27,28)26-11-3-7(13(17,18)19)1-8(4-11)14(20,21)22/h1-6,26H. The summed E-state index contributed by atoms with van der Waals surface area (Å²) in [5.74, 6) is 0. The largest absolute Gasteiger partial charge is 0.416 e. The molecule has 14 heteroatoms. The molecular weight excluding hydrogens is 509 g/mol. The first-order chi connectivity index (χ1) is 12.9. The number of hydrogen-bond acceptors (Lipinski definition) is 2. The summed E-state index contributed by atoms with van der Waals surface area (Å²) in [4.78, 5) is -1.02. The molecule has 29 heavy (non-hydrogen) atoms. The second-order valence-electron chi connectivity index (χ2n) is 5.57. The summed E-state index contributed by atoms with van der Waals surface area (Å²) < 4.78 is 141. The van der Waals surface area contributed by atoms with Gasteiger partial charge < -0.3 is 0 Å². The third-order valence-corrected chi connectivity index (χ3v) is 5.17. The highest BCUT2D eigenvalue weighted by Gasteiger charge is 2.37. The number of hydrogen-bond donors (Lipinski definition) is 1. The fraction of sp³-hybridized carbons (Fsp3) is 0.200. The van der Waals surface area contributed by atoms with E-state index in [0.717, 1.165) is 0 Å². The molecule has 0 saturated carbocycles. The van der Waals surface area contributed by atoms with Gasteiger partial charge in [-0.05, 0) is 36.4 Å². The number of nitrogens with one attached hydrogen (secondary N) is 1. The third-order valence-electron chi connectivity index (χ3n) is 3.35. The Hall–Kier alpha value is -1.96. The maximum atomic E-state index is 12.9. The van der Waals surface area contributed by atoms with E-state index in [9.17, 15) is 47.9 Å². The van der Waals surface area contributed by atoms with Gasteiger partial charge in [0.1, 0.15) is 0 Å². The first kappa shape index (κ1) is 23.3. The van der Waals surface area contributed by atoms with E-state index in [1.165, 1.54) is 4.72 Å². The first-order valence-electron chi connectivity index (χ1n) is 7.10. The van der Waals surface area contributed by atoms with Crippen LogP contribution < -0.4 is 4.72 Å². The van der Waals surface area contributed by atoms with Gasteiger partial charge in [-0.3, -0.25) is 4.72 Å². The van der Waals surface area contributed by atoms with Crippen LogP contribution in [0.2, 0.25) is 0 Å². The lowest BCUT2D eigenvalue weighted by Crippen LogP contribution is -2.17. The maximum absolute atomic E-state index is 12.9. The number of anilines is 1. The summed E-state index contributed by atoms with van der Waals surface area (Å²) in [5, 5.41) is 0. The maximum Gasteiger partial charge on any atom is 0.416 e. The molecule has 2 aromatic rings. The highest BCUT2D eigenvalue weighted by Crippen LogP contribution is 2.38. The topological polar surface area (TPSA) is 46.2 Å². The van der Waals surface area contributed by atoms with Crippen LogP contribution >= 0.6 is 15.9 Å². The normalized spacial score (nSPS) is 13.4. The van der Waals surface area contributed by atoms with Crippen molar-refractivity contribution in [1.82, 2.24) is 0 Å². The van der Waals surface area contributed by atoms with Gasteiger partial charge in [0.25, 0.3) is 10.0 Å². The second-order valence-corrected chi connectivity index (χ2v) is 8.17. The molecule has 0 atom stereocenters. The molecule has 0 spiro atoms. The van der Waals surface area contributed by atoms with Gasteiger partial charge in [0, 0.05) is 4.47 Å². The highest BCUT2D eigenvalue weighted by molar-refractivity contribution is 9.10. The Labute approximate surface area is 165 Å². The van der Waals surface area contributed by atoms with Crippen LogP contribution in [-0.4, -0.2) is 8.42 Å². The van der Waals surface area contributed by atoms with E-state index in [2.05, 4.69) is 15.9 Å². The van der Waals surface area contributed by atoms with Gasteiger partial charge in [0.2, 0.25) is 0 Å². The van der Waals surface area contributed by atoms with Crippen LogP contribution in [0.25, 0.3) is 0 Å². The zero-order valence-electron chi connectivity index (χ0n) is 13.5. The van der Waals surface area contributed by atoms with Crippen molar-refractivity contribution in [1.29, 1.82) is 0 Å². The number of benzene rings is 2. The van der Waals surface area contributed by atoms with Crippen LogP contribution in [-0.2, 0) is 28.6 Å². The molecule has 0 bridgehead atoms. The van der Waals surface area contributed by atoms with Crippen molar-refractivity contribution in [2.24, 2.45) is 0 Å². The summed E-state index contributed by atoms with van der Waals surface area (Å²) in [6, 6.07) is 1.40. The highest BCUT2D eigenvalue weighted by atomic mass is 79.9. The fourth-order valence-electron chi connectivity index (χ4n) is 2.11. The minimum absolute atomic E-state index is 0.0927. The molecule has 0 radical (unpaired) electrons. The van der Waals surface area contributed by atoms with Crippen LogP contribution in [0, 0.1) is 0 Å². The predicted molar refractivity (Wildman–Crippen MR) is 86.4 cm³/mol. The van der Waals surface area contributed by atoms with E-state index >= 15 is 0 Å². The number of alkyl halides is 9. The third kappa shape index (κ3) is 5.78. The molecule has 0 aliphatic rings. The van der Waals surface area contributed by atoms with Gasteiger partial charge in [0.05, 0.1) is 27.3 Å². The van der Waals surface area contributed by atoms with E-state index < -0.39 is 55.8 Å². The van der Waals surface area contributed by atoms with Crippen LogP contribution in [0.15, 0.2) is 45.8 Å². The Morgan fingerprint density at radius 3 is 1.48 bits per heavy atom. The van der Waals surface area contributed by atoms with Crippen LogP contribution in [0.1, 0.15) is 16.7 Å². The Balaban J connectivity index is 2.57. The smallest absolute Gasteiger partial charge is 0.280 e. The zero-order chi connectivity index (χ0) is 22.4. The molecule has 0 aliphatic carbocycles. The Bertz CT molecular complexity index is 995. The predicted octanol–water partition coefficient (Wildman–Crippen LogP) is 6.31. The molecule has 0 amide bonds. The summed E-state index contributed by atoms with van der Waals surface area (Å²) in [7, 11) is -4.96. The molecule has 0 fully saturated rings. The van der Waals surface area contributed by atoms with E-state index in [4.69, 9.17) is 0 Å². The molecule has 0 aliphatic heterocycles. The number of rotatable bonds is 3. The lowest BCUT2D eigenvalue weighted by atomic mass is 10.1. The number of halogens is 10. The number of sulfonamides is 1. The van der Waals surface area contributed by atoms with Gasteiger partial charge >= 0.3 is 18.5 Å². The van der Waals surface area contributed by atoms with Crippen molar-refractivity contribution in [2.75, 3.05) is 4.72 Å². The summed E-state index contributed by atoms with van der Waals surface area (Å²) in [6.45, 7) is 0. The molecule has 160 valence electrons. The van der Waals surface area contributed by atoms with Gasteiger partial charge in [-0.15, -0.1) is 0 Å². The first-order valence-corrected chi connectivity index (χ1v) is 9.37. The van der Waals surface area contributed by atoms with E-state index in [-0.39, 0.29) is 28.7 Å². The Morgan fingerprint density at radius 2 is 1.07 bits per heavy atom. The molecule has 0 unspecified atom stereocenters. The summed E-state index contributed by atoms with van der Waals surface area (Å²) >= 11 is 2.67. The zero-order valence-corrected chi connectivity index (χ0v) is 15.9. The van der Waals surface area contributed by atoms with Crippen LogP contribution in [0.3, 0.4) is 0 Å². The van der Waals surface area contributed by atoms with E-state index in [1.54, 1.807) is 0 Å². The van der Waals surface area contributed by atoms with Crippen molar-refractivity contribution < 1.29 is 47.9 Å². The van der Waals surface area contributed by atoms with Gasteiger partial charge in [-0.25, -0.2) is 8.42 Å². The Morgan fingerprint density at radius 1 is 0.655 bits per heavy atom. The summed E-state index contributed by atoms with van der Waals surface area (Å²) in [5.41, 5.74) is -6.11. The molecule has 3 nitrogen and oxygen atoms in total. The molecule has 2 aromatic carbocycles. The van der Waals surface area contributed by atoms with E-state index in [1.807, 2.05) is 0 Å². The summed E-state index contributed by atoms with van der Waals surface area (Å²) in [6.07, 6.45) is -15.4. The molecule has 0 heterocycles. The minimum Gasteiger partial charge on any atom is -0.280 e. The lowest BCUT2D eigenvalue weighted by Gasteiger charge is -2.16. The molecule has 1 N–H and O–H groups in total. The fourth-order valence-corrected chi connectivity index (χ4v) is 3.86. The van der Waals surface area contributed by atoms with Crippen molar-refractivity contribution in [3.8, 4) is 0 Å². The Kier molecular flexibility index (Phi) is 5.93. The quantitative estimate of drug-likeness (QED) is 0.487. The van der Waals surface area contributed by atoms with Crippen molar-refractivity contribution in [3.05, 3.63) is 57.6 Å². The van der Waals surface area contributed by atoms with Crippen LogP contribution in [0.4, 0.5) is 45.2 Å². The average Bonchev–Trinajstić information content (AvgIpc) is 2.51. The monoisotopic (exact) mass is 515 g/mol. The second kappa shape index (κ2) is 7.38. The lowest BCUT2D eigenvalue weighted by molar-refractivity contribution is -0.143. The van der Waals surface area contributed by atoms with E-state index in [0.29, 0.717) is 12.1 Å². The van der Waals surface area contributed by atoms with Crippen molar-refractivity contribution in [3.63, 3.8) is 0 Å². The SMILES string of the molecule is O=S(=O)(Nc1cc(C(F)(F)F)cc(C(F)(F)F)c1)c1cc(Br)cc(C(F)(F)F)c1. The van der Waals surface area contributed by atoms with Crippen LogP contribution in [0.5, 0.6) is 0 Å². The average molecular weight is 516 g/mol. The molecule has 2 rings (SSSR count). The van der Waals surface area contributed by atoms with Crippen molar-refractivity contribution in [2.45, 2.75) is 23.4 Å². The van der Waals surface area contributed by atoms with Gasteiger partial charge in [-0.2, -0.15) is 39.5 Å². The van der Waals surface area contributed by atoms with Gasteiger partial charge in [0.15, 0.2) is 0 Å². The van der Waals surface area contributed by atoms with Gasteiger partial charge in [-0.1, -0.05) is 15.9 Å². The molecular formula is C15H7BrF9NO2S. The van der Waals surface area contributed by atoms with Crippen molar-refractivity contribution >= 4 is 31.6 Å².